The van der Waals surface area contributed by atoms with Gasteiger partial charge in [0.1, 0.15) is 12.4 Å². The molecule has 0 aromatic heterocycles. The predicted molar refractivity (Wildman–Crippen MR) is 138 cm³/mol. The van der Waals surface area contributed by atoms with Gasteiger partial charge in [0.15, 0.2) is 0 Å². The van der Waals surface area contributed by atoms with Crippen molar-refractivity contribution in [3.63, 3.8) is 0 Å². The second-order valence-corrected chi connectivity index (χ2v) is 11.8. The molecule has 0 amide bonds. The van der Waals surface area contributed by atoms with E-state index in [-0.39, 0.29) is 5.37 Å². The third-order valence-electron chi connectivity index (χ3n) is 6.70. The first-order valence-corrected chi connectivity index (χ1v) is 14.0. The second kappa shape index (κ2) is 8.77. The number of sulfonamides is 1. The zero-order chi connectivity index (χ0) is 23.1. The van der Waals surface area contributed by atoms with Crippen LogP contribution in [-0.4, -0.2) is 25.0 Å². The monoisotopic (exact) mass is 487 g/mol. The zero-order valence-corrected chi connectivity index (χ0v) is 20.3. The number of ether oxygens (including phenoxy) is 1. The molecule has 1 atom stereocenters. The van der Waals surface area contributed by atoms with Gasteiger partial charge in [0.2, 0.25) is 10.0 Å². The van der Waals surface area contributed by atoms with E-state index in [1.165, 1.54) is 21.9 Å². The van der Waals surface area contributed by atoms with E-state index in [4.69, 9.17) is 4.74 Å². The molecule has 1 saturated heterocycles. The van der Waals surface area contributed by atoms with Crippen molar-refractivity contribution in [3.05, 3.63) is 107 Å². The van der Waals surface area contributed by atoms with Crippen molar-refractivity contribution >= 4 is 32.6 Å². The van der Waals surface area contributed by atoms with Crippen LogP contribution in [0, 0.1) is 0 Å². The largest absolute Gasteiger partial charge is 0.489 e. The molecule has 2 aliphatic rings. The number of rotatable bonds is 6. The van der Waals surface area contributed by atoms with Crippen LogP contribution in [0.25, 0.3) is 10.8 Å². The summed E-state index contributed by atoms with van der Waals surface area (Å²) in [6, 6.07) is 27.5. The molecule has 172 valence electrons. The van der Waals surface area contributed by atoms with Crippen LogP contribution in [0.4, 0.5) is 0 Å². The van der Waals surface area contributed by atoms with Gasteiger partial charge in [-0.05, 0) is 70.1 Å². The van der Waals surface area contributed by atoms with Crippen LogP contribution in [0.15, 0.2) is 89.8 Å². The highest BCUT2D eigenvalue weighted by molar-refractivity contribution is 8.01. The summed E-state index contributed by atoms with van der Waals surface area (Å²) in [4.78, 5) is 0.304. The van der Waals surface area contributed by atoms with E-state index in [2.05, 4.69) is 30.3 Å². The van der Waals surface area contributed by atoms with Crippen LogP contribution in [0.3, 0.4) is 0 Å². The molecule has 1 fully saturated rings. The first-order chi connectivity index (χ1) is 16.6. The van der Waals surface area contributed by atoms with Gasteiger partial charge < -0.3 is 4.74 Å². The summed E-state index contributed by atoms with van der Waals surface area (Å²) < 4.78 is 34.8. The predicted octanol–water partition coefficient (Wildman–Crippen LogP) is 5.95. The SMILES string of the molecule is O=S(=O)(c1ccc(OCc2ccccc2)cc1)N1CCSC1c1ccc2c3c(cccc13)CC2. The van der Waals surface area contributed by atoms with Crippen molar-refractivity contribution in [2.24, 2.45) is 0 Å². The number of hydrogen-bond acceptors (Lipinski definition) is 4. The number of nitrogens with zero attached hydrogens (tertiary/aromatic N) is 1. The van der Waals surface area contributed by atoms with Gasteiger partial charge in [-0.2, -0.15) is 4.31 Å². The van der Waals surface area contributed by atoms with Crippen molar-refractivity contribution in [2.45, 2.75) is 29.7 Å². The number of aryl methyl sites for hydroxylation is 2. The lowest BCUT2D eigenvalue weighted by atomic mass is 10.00. The normalized spacial score (nSPS) is 17.9. The van der Waals surface area contributed by atoms with Gasteiger partial charge in [0, 0.05) is 12.3 Å². The molecule has 1 aliphatic carbocycles. The van der Waals surface area contributed by atoms with Crippen LogP contribution >= 0.6 is 11.8 Å². The first-order valence-electron chi connectivity index (χ1n) is 11.5. The smallest absolute Gasteiger partial charge is 0.244 e. The summed E-state index contributed by atoms with van der Waals surface area (Å²) in [6.07, 6.45) is 2.13. The molecule has 4 aromatic rings. The molecule has 0 radical (unpaired) electrons. The zero-order valence-electron chi connectivity index (χ0n) is 18.7. The number of hydrogen-bond donors (Lipinski definition) is 0. The Balaban J connectivity index is 1.27. The highest BCUT2D eigenvalue weighted by Gasteiger charge is 2.38. The third kappa shape index (κ3) is 3.80. The van der Waals surface area contributed by atoms with E-state index in [1.807, 2.05) is 30.3 Å². The van der Waals surface area contributed by atoms with E-state index in [0.717, 1.165) is 29.7 Å². The molecule has 1 aliphatic heterocycles. The average Bonchev–Trinajstić information content (AvgIpc) is 3.53. The highest BCUT2D eigenvalue weighted by atomic mass is 32.2. The van der Waals surface area contributed by atoms with Crippen LogP contribution in [0.1, 0.15) is 27.6 Å². The lowest BCUT2D eigenvalue weighted by Gasteiger charge is -2.25. The van der Waals surface area contributed by atoms with Gasteiger partial charge in [0.05, 0.1) is 10.3 Å². The van der Waals surface area contributed by atoms with Crippen LogP contribution in [0.5, 0.6) is 5.75 Å². The number of thioether (sulfide) groups is 1. The molecular weight excluding hydrogens is 462 g/mol. The minimum Gasteiger partial charge on any atom is -0.489 e. The van der Waals surface area contributed by atoms with E-state index >= 15 is 0 Å². The fraction of sp³-hybridized carbons (Fsp3) is 0.214. The Bertz CT molecular complexity index is 1440. The summed E-state index contributed by atoms with van der Waals surface area (Å²) >= 11 is 1.70. The van der Waals surface area contributed by atoms with Crippen molar-refractivity contribution in [1.82, 2.24) is 4.31 Å². The Morgan fingerprint density at radius 3 is 2.41 bits per heavy atom. The molecule has 6 rings (SSSR count). The molecule has 0 saturated carbocycles. The fourth-order valence-corrected chi connectivity index (χ4v) is 8.28. The molecule has 6 heteroatoms. The van der Waals surface area contributed by atoms with Gasteiger partial charge >= 0.3 is 0 Å². The Morgan fingerprint density at radius 2 is 1.62 bits per heavy atom. The van der Waals surface area contributed by atoms with Gasteiger partial charge in [-0.15, -0.1) is 11.8 Å². The molecule has 34 heavy (non-hydrogen) atoms. The third-order valence-corrected chi connectivity index (χ3v) is 9.96. The molecule has 0 N–H and O–H groups in total. The quantitative estimate of drug-likeness (QED) is 0.337. The standard InChI is InChI=1S/C28H25NO3S2/c30-34(31,24-14-12-23(13-15-24)32-19-20-5-2-1-3-6-20)29-17-18-33-28(29)26-16-11-22-10-9-21-7-4-8-25(26)27(21)22/h1-8,11-16,28H,9-10,17-19H2. The lowest BCUT2D eigenvalue weighted by molar-refractivity contribution is 0.306. The summed E-state index contributed by atoms with van der Waals surface area (Å²) in [6.45, 7) is 0.954. The van der Waals surface area contributed by atoms with Crippen LogP contribution in [0.2, 0.25) is 0 Å². The molecule has 1 heterocycles. The second-order valence-electron chi connectivity index (χ2n) is 8.74. The Morgan fingerprint density at radius 1 is 0.853 bits per heavy atom. The summed E-state index contributed by atoms with van der Waals surface area (Å²) in [5, 5.41) is 2.30. The lowest BCUT2D eigenvalue weighted by Crippen LogP contribution is -2.30. The summed E-state index contributed by atoms with van der Waals surface area (Å²) in [5.41, 5.74) is 4.91. The van der Waals surface area contributed by atoms with E-state index in [0.29, 0.717) is 23.8 Å². The molecular formula is C28H25NO3S2. The maximum Gasteiger partial charge on any atom is 0.244 e. The minimum absolute atomic E-state index is 0.219. The molecule has 4 nitrogen and oxygen atoms in total. The molecule has 4 aromatic carbocycles. The Hall–Kier alpha value is -2.80. The summed E-state index contributed by atoms with van der Waals surface area (Å²) in [7, 11) is -3.64. The maximum absolute atomic E-state index is 13.7. The Labute approximate surface area is 204 Å². The van der Waals surface area contributed by atoms with Gasteiger partial charge in [-0.25, -0.2) is 8.42 Å². The van der Waals surface area contributed by atoms with Gasteiger partial charge in [0.25, 0.3) is 0 Å². The van der Waals surface area contributed by atoms with E-state index < -0.39 is 10.0 Å². The highest BCUT2D eigenvalue weighted by Crippen LogP contribution is 2.45. The van der Waals surface area contributed by atoms with Crippen molar-refractivity contribution in [3.8, 4) is 5.75 Å². The minimum atomic E-state index is -3.64. The van der Waals surface area contributed by atoms with Crippen LogP contribution < -0.4 is 4.74 Å². The topological polar surface area (TPSA) is 46.6 Å². The van der Waals surface area contributed by atoms with E-state index in [1.54, 1.807) is 40.3 Å². The maximum atomic E-state index is 13.7. The van der Waals surface area contributed by atoms with E-state index in [9.17, 15) is 8.42 Å². The van der Waals surface area contributed by atoms with Gasteiger partial charge in [-0.1, -0.05) is 60.7 Å². The van der Waals surface area contributed by atoms with Crippen molar-refractivity contribution in [2.75, 3.05) is 12.3 Å². The Kier molecular flexibility index (Phi) is 5.60. The fourth-order valence-electron chi connectivity index (χ4n) is 5.01. The molecule has 1 unspecified atom stereocenters. The molecule has 0 bridgehead atoms. The molecule has 0 spiro atoms. The van der Waals surface area contributed by atoms with Gasteiger partial charge in [-0.3, -0.25) is 0 Å². The number of benzene rings is 4. The average molecular weight is 488 g/mol. The van der Waals surface area contributed by atoms with Crippen molar-refractivity contribution < 1.29 is 13.2 Å². The van der Waals surface area contributed by atoms with Crippen LogP contribution in [-0.2, 0) is 29.5 Å². The van der Waals surface area contributed by atoms with Crippen molar-refractivity contribution in [1.29, 1.82) is 0 Å². The summed E-state index contributed by atoms with van der Waals surface area (Å²) in [5.74, 6) is 1.44. The first kappa shape index (κ1) is 21.7.